The third kappa shape index (κ3) is 8.63. The first-order valence-corrected chi connectivity index (χ1v) is 13.8. The number of anilines is 1. The van der Waals surface area contributed by atoms with Crippen LogP contribution in [-0.2, 0) is 25.7 Å². The number of hydrogen-bond donors (Lipinski definition) is 3. The van der Waals surface area contributed by atoms with Crippen molar-refractivity contribution in [1.82, 2.24) is 4.90 Å². The lowest BCUT2D eigenvalue weighted by Gasteiger charge is -2.39. The third-order valence-corrected chi connectivity index (χ3v) is 7.26. The Labute approximate surface area is 224 Å². The molecule has 38 heavy (non-hydrogen) atoms. The molecule has 206 valence electrons. The highest BCUT2D eigenvalue weighted by Crippen LogP contribution is 2.38. The fourth-order valence-corrected chi connectivity index (χ4v) is 5.20. The number of hydrogen-bond acceptors (Lipinski definition) is 6. The predicted octanol–water partition coefficient (Wildman–Crippen LogP) is 5.18. The van der Waals surface area contributed by atoms with Gasteiger partial charge in [0.05, 0.1) is 18.8 Å². The maximum atomic E-state index is 12.3. The number of aliphatic hydroxyl groups is 1. The number of nitrogens with one attached hydrogen (secondary N) is 1. The second-order valence-corrected chi connectivity index (χ2v) is 10.3. The minimum atomic E-state index is -0.905. The van der Waals surface area contributed by atoms with E-state index in [2.05, 4.69) is 10.2 Å². The molecule has 3 N–H and O–H groups in total. The molecular formula is C30H40N2O6. The Bertz CT molecular complexity index is 1040. The van der Waals surface area contributed by atoms with E-state index in [0.29, 0.717) is 12.1 Å². The van der Waals surface area contributed by atoms with Crippen molar-refractivity contribution in [3.8, 4) is 0 Å². The van der Waals surface area contributed by atoms with Gasteiger partial charge < -0.3 is 29.9 Å². The molecular weight excluding hydrogens is 484 g/mol. The van der Waals surface area contributed by atoms with Gasteiger partial charge in [-0.1, -0.05) is 55.7 Å². The number of likely N-dealkylation sites (tertiary alicyclic amines) is 1. The van der Waals surface area contributed by atoms with E-state index < -0.39 is 12.3 Å². The van der Waals surface area contributed by atoms with Crippen LogP contribution in [0.2, 0.25) is 0 Å². The van der Waals surface area contributed by atoms with Gasteiger partial charge in [-0.15, -0.1) is 0 Å². The summed E-state index contributed by atoms with van der Waals surface area (Å²) in [5.41, 5.74) is 3.37. The van der Waals surface area contributed by atoms with Gasteiger partial charge in [0.1, 0.15) is 0 Å². The summed E-state index contributed by atoms with van der Waals surface area (Å²) in [7, 11) is 0. The van der Waals surface area contributed by atoms with Crippen molar-refractivity contribution >= 4 is 17.6 Å². The van der Waals surface area contributed by atoms with Gasteiger partial charge >= 0.3 is 5.97 Å². The van der Waals surface area contributed by atoms with E-state index in [0.717, 1.165) is 42.7 Å². The van der Waals surface area contributed by atoms with Crippen LogP contribution in [0, 0.1) is 0 Å². The molecule has 0 spiro atoms. The predicted molar refractivity (Wildman–Crippen MR) is 145 cm³/mol. The Hall–Kier alpha value is -2.78. The smallest absolute Gasteiger partial charge is 0.303 e. The molecule has 2 saturated heterocycles. The minimum Gasteiger partial charge on any atom is -0.481 e. The number of carboxylic acid groups (broad SMARTS) is 1. The molecule has 0 aromatic heterocycles. The average molecular weight is 525 g/mol. The van der Waals surface area contributed by atoms with E-state index in [1.807, 2.05) is 48.5 Å². The van der Waals surface area contributed by atoms with Crippen LogP contribution in [-0.4, -0.2) is 52.7 Å². The normalized spacial score (nSPS) is 22.8. The zero-order chi connectivity index (χ0) is 26.7. The summed E-state index contributed by atoms with van der Waals surface area (Å²) in [5, 5.41) is 21.1. The summed E-state index contributed by atoms with van der Waals surface area (Å²) in [5.74, 6) is -1.12. The van der Waals surface area contributed by atoms with Crippen molar-refractivity contribution in [2.24, 2.45) is 0 Å². The van der Waals surface area contributed by atoms with Crippen LogP contribution in [0.3, 0.4) is 0 Å². The molecule has 2 aromatic rings. The summed E-state index contributed by atoms with van der Waals surface area (Å²) < 4.78 is 13.0. The van der Waals surface area contributed by atoms with Gasteiger partial charge in [0.25, 0.3) is 0 Å². The first kappa shape index (κ1) is 28.2. The topological polar surface area (TPSA) is 108 Å². The van der Waals surface area contributed by atoms with E-state index in [-0.39, 0.29) is 37.6 Å². The Kier molecular flexibility index (Phi) is 10.7. The van der Waals surface area contributed by atoms with Crippen LogP contribution in [0.5, 0.6) is 0 Å². The fraction of sp³-hybridized carbons (Fsp3) is 0.533. The van der Waals surface area contributed by atoms with Crippen molar-refractivity contribution in [2.45, 2.75) is 82.9 Å². The largest absolute Gasteiger partial charge is 0.481 e. The highest BCUT2D eigenvalue weighted by molar-refractivity contribution is 5.90. The van der Waals surface area contributed by atoms with Crippen LogP contribution in [0.1, 0.15) is 86.9 Å². The van der Waals surface area contributed by atoms with E-state index >= 15 is 0 Å². The number of aliphatic hydroxyl groups excluding tert-OH is 1. The molecule has 4 rings (SSSR count). The summed E-state index contributed by atoms with van der Waals surface area (Å²) in [6, 6.07) is 15.4. The van der Waals surface area contributed by atoms with Gasteiger partial charge in [0.2, 0.25) is 5.91 Å². The number of rotatable bonds is 10. The van der Waals surface area contributed by atoms with Gasteiger partial charge in [0, 0.05) is 37.1 Å². The number of benzene rings is 2. The lowest BCUT2D eigenvalue weighted by Crippen LogP contribution is -2.40. The van der Waals surface area contributed by atoms with Gasteiger partial charge in [-0.2, -0.15) is 0 Å². The number of carbonyl (C=O) groups excluding carboxylic acids is 1. The first-order valence-electron chi connectivity index (χ1n) is 13.8. The molecule has 0 aliphatic carbocycles. The molecule has 2 heterocycles. The summed E-state index contributed by atoms with van der Waals surface area (Å²) in [4.78, 5) is 25.6. The molecule has 2 aliphatic rings. The van der Waals surface area contributed by atoms with Crippen LogP contribution >= 0.6 is 0 Å². The van der Waals surface area contributed by atoms with Crippen molar-refractivity contribution < 1.29 is 29.3 Å². The maximum absolute atomic E-state index is 12.3. The highest BCUT2D eigenvalue weighted by Gasteiger charge is 2.33. The van der Waals surface area contributed by atoms with E-state index in [4.69, 9.17) is 14.6 Å². The maximum Gasteiger partial charge on any atom is 0.303 e. The first-order chi connectivity index (χ1) is 18.5. The molecule has 3 atom stereocenters. The molecule has 2 aromatic carbocycles. The van der Waals surface area contributed by atoms with Crippen LogP contribution in [0.25, 0.3) is 0 Å². The molecule has 0 radical (unpaired) electrons. The summed E-state index contributed by atoms with van der Waals surface area (Å²) >= 11 is 0. The molecule has 1 amide bonds. The Morgan fingerprint density at radius 3 is 2.37 bits per heavy atom. The van der Waals surface area contributed by atoms with Crippen LogP contribution in [0.4, 0.5) is 5.69 Å². The second-order valence-electron chi connectivity index (χ2n) is 10.3. The summed E-state index contributed by atoms with van der Waals surface area (Å²) in [6.07, 6.45) is 6.71. The zero-order valence-corrected chi connectivity index (χ0v) is 22.0. The monoisotopic (exact) mass is 524 g/mol. The third-order valence-electron chi connectivity index (χ3n) is 7.26. The average Bonchev–Trinajstić information content (AvgIpc) is 2.90. The number of carboxylic acids is 1. The number of nitrogens with zero attached hydrogens (tertiary/aromatic N) is 1. The second kappa shape index (κ2) is 14.4. The van der Waals surface area contributed by atoms with Crippen molar-refractivity contribution in [1.29, 1.82) is 0 Å². The number of carbonyl (C=O) groups is 2. The van der Waals surface area contributed by atoms with Gasteiger partial charge in [-0.3, -0.25) is 9.59 Å². The fourth-order valence-electron chi connectivity index (χ4n) is 5.20. The Morgan fingerprint density at radius 2 is 1.66 bits per heavy atom. The SMILES string of the molecule is O=C(O)CCCC(=O)Nc1cccc(C2OC(CN3CCCCCCC3)CC(c3ccc(CO)cc3)O2)c1. The molecule has 8 heteroatoms. The van der Waals surface area contributed by atoms with Gasteiger partial charge in [-0.05, 0) is 55.6 Å². The standard InChI is InChI=1S/C30H40N2O6/c33-21-22-12-14-23(15-13-22)27-19-26(20-32-16-4-2-1-3-5-17-32)37-30(38-27)24-8-6-9-25(18-24)31-28(34)10-7-11-29(35)36/h6,8-9,12-15,18,26-27,30,33H,1-5,7,10-11,16-17,19-21H2,(H,31,34)(H,35,36). The van der Waals surface area contributed by atoms with Crippen molar-refractivity contribution in [3.05, 3.63) is 65.2 Å². The molecule has 3 unspecified atom stereocenters. The molecule has 2 fully saturated rings. The van der Waals surface area contributed by atoms with Gasteiger partial charge in [0.15, 0.2) is 6.29 Å². The Morgan fingerprint density at radius 1 is 0.921 bits per heavy atom. The van der Waals surface area contributed by atoms with Crippen molar-refractivity contribution in [2.75, 3.05) is 25.0 Å². The summed E-state index contributed by atoms with van der Waals surface area (Å²) in [6.45, 7) is 3.03. The number of aliphatic carboxylic acids is 1. The zero-order valence-electron chi connectivity index (χ0n) is 22.0. The van der Waals surface area contributed by atoms with E-state index in [1.54, 1.807) is 0 Å². The Balaban J connectivity index is 1.48. The molecule has 2 aliphatic heterocycles. The molecule has 0 bridgehead atoms. The molecule has 8 nitrogen and oxygen atoms in total. The van der Waals surface area contributed by atoms with Crippen LogP contribution in [0.15, 0.2) is 48.5 Å². The minimum absolute atomic E-state index is 0.00391. The number of amides is 1. The lowest BCUT2D eigenvalue weighted by atomic mass is 9.99. The van der Waals surface area contributed by atoms with E-state index in [1.165, 1.54) is 32.1 Å². The van der Waals surface area contributed by atoms with Crippen molar-refractivity contribution in [3.63, 3.8) is 0 Å². The molecule has 0 saturated carbocycles. The highest BCUT2D eigenvalue weighted by atomic mass is 16.7. The van der Waals surface area contributed by atoms with E-state index in [9.17, 15) is 14.7 Å². The van der Waals surface area contributed by atoms with Gasteiger partial charge in [-0.25, -0.2) is 0 Å². The lowest BCUT2D eigenvalue weighted by molar-refractivity contribution is -0.253. The number of ether oxygens (including phenoxy) is 2. The van der Waals surface area contributed by atoms with Crippen LogP contribution < -0.4 is 5.32 Å². The quantitative estimate of drug-likeness (QED) is 0.393.